The summed E-state index contributed by atoms with van der Waals surface area (Å²) in [5.41, 5.74) is 0. The van der Waals surface area contributed by atoms with Crippen LogP contribution in [0.2, 0.25) is 0 Å². The Hall–Kier alpha value is -0.300. The quantitative estimate of drug-likeness (QED) is 0.634. The number of allylic oxidation sites excluding steroid dienone is 1. The summed E-state index contributed by atoms with van der Waals surface area (Å²) in [6, 6.07) is 0.742. The van der Waals surface area contributed by atoms with Gasteiger partial charge in [-0.25, -0.2) is 0 Å². The zero-order valence-electron chi connectivity index (χ0n) is 11.7. The summed E-state index contributed by atoms with van der Waals surface area (Å²) < 4.78 is 0. The van der Waals surface area contributed by atoms with E-state index >= 15 is 0 Å². The lowest BCUT2D eigenvalue weighted by Gasteiger charge is -2.29. The first-order valence-electron chi connectivity index (χ1n) is 7.72. The van der Waals surface area contributed by atoms with Crippen molar-refractivity contribution in [1.82, 2.24) is 5.32 Å². The number of nitrogens with one attached hydrogen (secondary N) is 1. The predicted molar refractivity (Wildman–Crippen MR) is 77.3 cm³/mol. The standard InChI is InChI=1S/C16H31N/c1-3-5-13-16(17-14-4-2)15-11-9-7-6-8-10-12-15/h3,15-17H,1,4-14H2,2H3. The molecule has 1 nitrogen and oxygen atoms in total. The van der Waals surface area contributed by atoms with Gasteiger partial charge in [0.15, 0.2) is 0 Å². The first kappa shape index (κ1) is 14.8. The van der Waals surface area contributed by atoms with Crippen LogP contribution in [0.25, 0.3) is 0 Å². The summed E-state index contributed by atoms with van der Waals surface area (Å²) in [7, 11) is 0. The molecule has 17 heavy (non-hydrogen) atoms. The molecule has 1 N–H and O–H groups in total. The predicted octanol–water partition coefficient (Wildman–Crippen LogP) is 4.68. The summed E-state index contributed by atoms with van der Waals surface area (Å²) in [6.07, 6.45) is 15.9. The molecule has 0 aromatic rings. The van der Waals surface area contributed by atoms with Gasteiger partial charge in [0, 0.05) is 6.04 Å². The van der Waals surface area contributed by atoms with Crippen molar-refractivity contribution in [2.75, 3.05) is 6.54 Å². The lowest BCUT2D eigenvalue weighted by atomic mass is 9.84. The monoisotopic (exact) mass is 237 g/mol. The second-order valence-corrected chi connectivity index (χ2v) is 5.53. The average molecular weight is 237 g/mol. The van der Waals surface area contributed by atoms with Crippen LogP contribution >= 0.6 is 0 Å². The summed E-state index contributed by atoms with van der Waals surface area (Å²) >= 11 is 0. The van der Waals surface area contributed by atoms with Gasteiger partial charge < -0.3 is 5.32 Å². The molecular weight excluding hydrogens is 206 g/mol. The third kappa shape index (κ3) is 6.26. The normalized spacial score (nSPS) is 20.5. The van der Waals surface area contributed by atoms with Crippen LogP contribution in [0.4, 0.5) is 0 Å². The first-order chi connectivity index (χ1) is 8.38. The van der Waals surface area contributed by atoms with Crippen molar-refractivity contribution >= 4 is 0 Å². The maximum atomic E-state index is 3.86. The highest BCUT2D eigenvalue weighted by atomic mass is 14.9. The Balaban J connectivity index is 2.42. The van der Waals surface area contributed by atoms with E-state index in [4.69, 9.17) is 0 Å². The van der Waals surface area contributed by atoms with Gasteiger partial charge >= 0.3 is 0 Å². The minimum Gasteiger partial charge on any atom is -0.314 e. The van der Waals surface area contributed by atoms with Gasteiger partial charge in [-0.2, -0.15) is 0 Å². The Bertz CT molecular complexity index is 180. The van der Waals surface area contributed by atoms with E-state index in [1.807, 2.05) is 0 Å². The van der Waals surface area contributed by atoms with E-state index in [1.165, 1.54) is 64.3 Å². The van der Waals surface area contributed by atoms with Crippen molar-refractivity contribution in [2.45, 2.75) is 77.2 Å². The SMILES string of the molecule is C=CCCC(NCCC)C1CCCCCCC1. The van der Waals surface area contributed by atoms with Crippen LogP contribution in [0.1, 0.15) is 71.1 Å². The molecule has 0 spiro atoms. The molecule has 0 aromatic carbocycles. The van der Waals surface area contributed by atoms with Gasteiger partial charge in [0.1, 0.15) is 0 Å². The molecule has 1 rings (SSSR count). The molecule has 1 atom stereocenters. The Kier molecular flexibility index (Phi) is 8.42. The molecule has 1 unspecified atom stereocenters. The second kappa shape index (κ2) is 9.70. The average Bonchev–Trinajstić information content (AvgIpc) is 2.30. The van der Waals surface area contributed by atoms with E-state index in [1.54, 1.807) is 0 Å². The molecular formula is C16H31N. The van der Waals surface area contributed by atoms with Gasteiger partial charge in [-0.05, 0) is 44.6 Å². The summed E-state index contributed by atoms with van der Waals surface area (Å²) in [4.78, 5) is 0. The maximum Gasteiger partial charge on any atom is 0.00982 e. The van der Waals surface area contributed by atoms with E-state index < -0.39 is 0 Å². The summed E-state index contributed by atoms with van der Waals surface area (Å²) in [5.74, 6) is 0.918. The molecule has 0 amide bonds. The molecule has 1 saturated carbocycles. The molecule has 0 bridgehead atoms. The Morgan fingerprint density at radius 2 is 1.82 bits per heavy atom. The molecule has 0 radical (unpaired) electrons. The zero-order chi connectivity index (χ0) is 12.3. The van der Waals surface area contributed by atoms with Crippen molar-refractivity contribution in [1.29, 1.82) is 0 Å². The molecule has 1 heteroatoms. The zero-order valence-corrected chi connectivity index (χ0v) is 11.7. The highest BCUT2D eigenvalue weighted by molar-refractivity contribution is 4.81. The summed E-state index contributed by atoms with van der Waals surface area (Å²) in [5, 5.41) is 3.77. The number of hydrogen-bond donors (Lipinski definition) is 1. The van der Waals surface area contributed by atoms with Crippen LogP contribution in [0, 0.1) is 5.92 Å². The van der Waals surface area contributed by atoms with Gasteiger partial charge in [-0.3, -0.25) is 0 Å². The lowest BCUT2D eigenvalue weighted by Crippen LogP contribution is -2.37. The van der Waals surface area contributed by atoms with Crippen molar-refractivity contribution in [3.8, 4) is 0 Å². The van der Waals surface area contributed by atoms with Crippen LogP contribution in [-0.4, -0.2) is 12.6 Å². The number of hydrogen-bond acceptors (Lipinski definition) is 1. The van der Waals surface area contributed by atoms with E-state index in [-0.39, 0.29) is 0 Å². The van der Waals surface area contributed by atoms with Gasteiger partial charge in [-0.1, -0.05) is 45.1 Å². The van der Waals surface area contributed by atoms with Crippen LogP contribution in [0.15, 0.2) is 12.7 Å². The van der Waals surface area contributed by atoms with E-state index in [9.17, 15) is 0 Å². The van der Waals surface area contributed by atoms with Crippen molar-refractivity contribution < 1.29 is 0 Å². The van der Waals surface area contributed by atoms with Crippen LogP contribution < -0.4 is 5.32 Å². The number of rotatable bonds is 7. The van der Waals surface area contributed by atoms with Crippen LogP contribution in [0.5, 0.6) is 0 Å². The van der Waals surface area contributed by atoms with E-state index in [0.29, 0.717) is 0 Å². The molecule has 0 saturated heterocycles. The minimum atomic E-state index is 0.742. The van der Waals surface area contributed by atoms with Crippen LogP contribution in [0.3, 0.4) is 0 Å². The molecule has 0 aliphatic heterocycles. The molecule has 0 heterocycles. The highest BCUT2D eigenvalue weighted by Gasteiger charge is 2.20. The Labute approximate surface area is 108 Å². The maximum absolute atomic E-state index is 3.86. The first-order valence-corrected chi connectivity index (χ1v) is 7.72. The fraction of sp³-hybridized carbons (Fsp3) is 0.875. The molecule has 1 aliphatic rings. The van der Waals surface area contributed by atoms with Crippen molar-refractivity contribution in [3.05, 3.63) is 12.7 Å². The molecule has 0 aromatic heterocycles. The topological polar surface area (TPSA) is 12.0 Å². The van der Waals surface area contributed by atoms with Crippen LogP contribution in [-0.2, 0) is 0 Å². The third-order valence-corrected chi connectivity index (χ3v) is 4.06. The van der Waals surface area contributed by atoms with Crippen molar-refractivity contribution in [3.63, 3.8) is 0 Å². The van der Waals surface area contributed by atoms with Gasteiger partial charge in [0.25, 0.3) is 0 Å². The molecule has 1 fully saturated rings. The summed E-state index contributed by atoms with van der Waals surface area (Å²) in [6.45, 7) is 7.30. The van der Waals surface area contributed by atoms with Gasteiger partial charge in [0.05, 0.1) is 0 Å². The smallest absolute Gasteiger partial charge is 0.00982 e. The molecule has 1 aliphatic carbocycles. The van der Waals surface area contributed by atoms with Gasteiger partial charge in [-0.15, -0.1) is 6.58 Å². The highest BCUT2D eigenvalue weighted by Crippen LogP contribution is 2.26. The molecule has 100 valence electrons. The largest absolute Gasteiger partial charge is 0.314 e. The fourth-order valence-corrected chi connectivity index (χ4v) is 3.02. The fourth-order valence-electron chi connectivity index (χ4n) is 3.02. The Morgan fingerprint density at radius 1 is 1.18 bits per heavy atom. The van der Waals surface area contributed by atoms with E-state index in [0.717, 1.165) is 18.4 Å². The Morgan fingerprint density at radius 3 is 2.41 bits per heavy atom. The lowest BCUT2D eigenvalue weighted by molar-refractivity contribution is 0.274. The minimum absolute atomic E-state index is 0.742. The van der Waals surface area contributed by atoms with E-state index in [2.05, 4.69) is 24.9 Å². The third-order valence-electron chi connectivity index (χ3n) is 4.06. The second-order valence-electron chi connectivity index (χ2n) is 5.53. The van der Waals surface area contributed by atoms with Crippen molar-refractivity contribution in [2.24, 2.45) is 5.92 Å². The van der Waals surface area contributed by atoms with Gasteiger partial charge in [0.2, 0.25) is 0 Å².